The van der Waals surface area contributed by atoms with Crippen LogP contribution in [0, 0.1) is 0 Å². The molecule has 1 N–H and O–H groups in total. The number of amides is 1. The normalized spacial score (nSPS) is 11.1. The summed E-state index contributed by atoms with van der Waals surface area (Å²) < 4.78 is 11.2. The molecule has 0 aliphatic carbocycles. The Labute approximate surface area is 164 Å². The van der Waals surface area contributed by atoms with Gasteiger partial charge in [0.25, 0.3) is 5.91 Å². The fourth-order valence-electron chi connectivity index (χ4n) is 2.30. The topological polar surface area (TPSA) is 68.5 Å². The molecule has 0 aliphatic rings. The number of carbonyl (C=O) groups is 2. The summed E-state index contributed by atoms with van der Waals surface area (Å²) in [7, 11) is 0. The highest BCUT2D eigenvalue weighted by molar-refractivity contribution is 9.10. The van der Waals surface area contributed by atoms with Crippen LogP contribution in [-0.4, -0.2) is 11.9 Å². The van der Waals surface area contributed by atoms with Gasteiger partial charge in [0.05, 0.1) is 6.26 Å². The summed E-state index contributed by atoms with van der Waals surface area (Å²) in [5.74, 6) is -0.548. The van der Waals surface area contributed by atoms with Gasteiger partial charge in [-0.2, -0.15) is 0 Å². The van der Waals surface area contributed by atoms with Crippen LogP contribution in [0.1, 0.15) is 21.7 Å². The van der Waals surface area contributed by atoms with E-state index >= 15 is 0 Å². The number of halogens is 1. The number of carbonyl (C=O) groups excluding carboxylic acids is 2. The Morgan fingerprint density at radius 3 is 2.56 bits per heavy atom. The minimum absolute atomic E-state index is 0.0231. The number of benzene rings is 2. The summed E-state index contributed by atoms with van der Waals surface area (Å²) in [5, 5.41) is 2.64. The van der Waals surface area contributed by atoms with E-state index in [-0.39, 0.29) is 12.3 Å². The van der Waals surface area contributed by atoms with Gasteiger partial charge < -0.3 is 14.5 Å². The van der Waals surface area contributed by atoms with Crippen LogP contribution in [0.2, 0.25) is 0 Å². The molecule has 5 nitrogen and oxygen atoms in total. The summed E-state index contributed by atoms with van der Waals surface area (Å²) in [4.78, 5) is 25.1. The number of hydrogen-bond acceptors (Lipinski definition) is 4. The summed E-state index contributed by atoms with van der Waals surface area (Å²) >= 11 is 3.33. The zero-order chi connectivity index (χ0) is 19.1. The third kappa shape index (κ3) is 5.43. The second kappa shape index (κ2) is 9.00. The first kappa shape index (κ1) is 18.7. The Hall–Kier alpha value is -3.12. The Bertz CT molecular complexity index is 949. The highest BCUT2D eigenvalue weighted by Gasteiger charge is 2.17. The van der Waals surface area contributed by atoms with E-state index in [1.165, 1.54) is 6.26 Å². The van der Waals surface area contributed by atoms with E-state index in [0.717, 1.165) is 10.0 Å². The molecule has 0 spiro atoms. The molecule has 0 radical (unpaired) electrons. The first-order valence-electron chi connectivity index (χ1n) is 8.15. The van der Waals surface area contributed by atoms with Gasteiger partial charge in [0.2, 0.25) is 0 Å². The molecule has 0 fully saturated rings. The molecule has 136 valence electrons. The lowest BCUT2D eigenvalue weighted by molar-refractivity contribution is -0.141. The van der Waals surface area contributed by atoms with E-state index in [1.54, 1.807) is 36.4 Å². The minimum atomic E-state index is -0.654. The van der Waals surface area contributed by atoms with Crippen molar-refractivity contribution in [1.82, 2.24) is 5.32 Å². The number of hydrogen-bond donors (Lipinski definition) is 1. The molecule has 1 heterocycles. The molecule has 0 atom stereocenters. The van der Waals surface area contributed by atoms with Gasteiger partial charge in [0.1, 0.15) is 18.1 Å². The Morgan fingerprint density at radius 1 is 1.04 bits per heavy atom. The summed E-state index contributed by atoms with van der Waals surface area (Å²) in [6.07, 6.45) is 3.07. The van der Waals surface area contributed by atoms with Crippen molar-refractivity contribution in [1.29, 1.82) is 0 Å². The molecular weight excluding hydrogens is 410 g/mol. The SMILES string of the molecule is O=C(OCc1ccco1)/C(=C/c1ccccc1)NC(=O)c1cccc(Br)c1. The average molecular weight is 426 g/mol. The lowest BCUT2D eigenvalue weighted by atomic mass is 10.1. The van der Waals surface area contributed by atoms with Crippen molar-refractivity contribution in [3.8, 4) is 0 Å². The second-order valence-corrected chi connectivity index (χ2v) is 6.50. The smallest absolute Gasteiger partial charge is 0.355 e. The lowest BCUT2D eigenvalue weighted by Crippen LogP contribution is -2.28. The van der Waals surface area contributed by atoms with Crippen molar-refractivity contribution in [2.24, 2.45) is 0 Å². The third-order valence-corrected chi connectivity index (χ3v) is 4.08. The molecule has 0 bridgehead atoms. The second-order valence-electron chi connectivity index (χ2n) is 5.59. The van der Waals surface area contributed by atoms with Crippen molar-refractivity contribution >= 4 is 33.9 Å². The average Bonchev–Trinajstić information content (AvgIpc) is 3.20. The van der Waals surface area contributed by atoms with E-state index in [9.17, 15) is 9.59 Å². The van der Waals surface area contributed by atoms with Gasteiger partial charge in [-0.3, -0.25) is 4.79 Å². The van der Waals surface area contributed by atoms with Gasteiger partial charge in [-0.15, -0.1) is 0 Å². The first-order valence-corrected chi connectivity index (χ1v) is 8.94. The Balaban J connectivity index is 1.79. The van der Waals surface area contributed by atoms with Crippen molar-refractivity contribution in [2.45, 2.75) is 6.61 Å². The fourth-order valence-corrected chi connectivity index (χ4v) is 2.69. The van der Waals surface area contributed by atoms with Crippen molar-refractivity contribution in [3.63, 3.8) is 0 Å². The zero-order valence-electron chi connectivity index (χ0n) is 14.2. The van der Waals surface area contributed by atoms with Gasteiger partial charge in [0, 0.05) is 10.0 Å². The van der Waals surface area contributed by atoms with Crippen LogP contribution < -0.4 is 5.32 Å². The first-order chi connectivity index (χ1) is 13.1. The largest absolute Gasteiger partial charge is 0.466 e. The van der Waals surface area contributed by atoms with Crippen LogP contribution in [0.4, 0.5) is 0 Å². The molecular formula is C21H16BrNO4. The Morgan fingerprint density at radius 2 is 1.85 bits per heavy atom. The molecule has 0 aliphatic heterocycles. The van der Waals surface area contributed by atoms with Crippen LogP contribution in [0.5, 0.6) is 0 Å². The third-order valence-electron chi connectivity index (χ3n) is 3.59. The molecule has 0 saturated carbocycles. The quantitative estimate of drug-likeness (QED) is 0.464. The van der Waals surface area contributed by atoms with E-state index in [2.05, 4.69) is 21.2 Å². The van der Waals surface area contributed by atoms with Gasteiger partial charge >= 0.3 is 5.97 Å². The summed E-state index contributed by atoms with van der Waals surface area (Å²) in [6.45, 7) is -0.0231. The number of furan rings is 1. The van der Waals surface area contributed by atoms with Crippen LogP contribution >= 0.6 is 15.9 Å². The van der Waals surface area contributed by atoms with Crippen LogP contribution in [-0.2, 0) is 16.1 Å². The monoisotopic (exact) mass is 425 g/mol. The van der Waals surface area contributed by atoms with Crippen molar-refractivity contribution in [2.75, 3.05) is 0 Å². The predicted octanol–water partition coefficient (Wildman–Crippen LogP) is 4.56. The molecule has 6 heteroatoms. The molecule has 0 saturated heterocycles. The van der Waals surface area contributed by atoms with Crippen LogP contribution in [0.25, 0.3) is 6.08 Å². The molecule has 0 unspecified atom stereocenters. The number of nitrogens with one attached hydrogen (secondary N) is 1. The molecule has 3 aromatic rings. The van der Waals surface area contributed by atoms with Gasteiger partial charge in [-0.05, 0) is 42.0 Å². The lowest BCUT2D eigenvalue weighted by Gasteiger charge is -2.10. The highest BCUT2D eigenvalue weighted by Crippen LogP contribution is 2.13. The van der Waals surface area contributed by atoms with Crippen LogP contribution in [0.15, 0.2) is 87.6 Å². The maximum absolute atomic E-state index is 12.5. The predicted molar refractivity (Wildman–Crippen MR) is 105 cm³/mol. The molecule has 1 aromatic heterocycles. The molecule has 27 heavy (non-hydrogen) atoms. The number of ether oxygens (including phenoxy) is 1. The van der Waals surface area contributed by atoms with Crippen LogP contribution in [0.3, 0.4) is 0 Å². The van der Waals surface area contributed by atoms with E-state index in [4.69, 9.17) is 9.15 Å². The maximum Gasteiger partial charge on any atom is 0.355 e. The maximum atomic E-state index is 12.5. The van der Waals surface area contributed by atoms with E-state index in [0.29, 0.717) is 11.3 Å². The molecule has 3 rings (SSSR count). The highest BCUT2D eigenvalue weighted by atomic mass is 79.9. The molecule has 1 amide bonds. The van der Waals surface area contributed by atoms with E-state index < -0.39 is 11.9 Å². The summed E-state index contributed by atoms with van der Waals surface area (Å²) in [5.41, 5.74) is 1.22. The standard InChI is InChI=1S/C21H16BrNO4/c22-17-9-4-8-16(13-17)20(24)23-19(12-15-6-2-1-3-7-15)21(25)27-14-18-10-5-11-26-18/h1-13H,14H2,(H,23,24)/b19-12-. The fraction of sp³-hybridized carbons (Fsp3) is 0.0476. The summed E-state index contributed by atoms with van der Waals surface area (Å²) in [6, 6.07) is 19.5. The molecule has 2 aromatic carbocycles. The number of esters is 1. The minimum Gasteiger partial charge on any atom is -0.466 e. The number of rotatable bonds is 6. The van der Waals surface area contributed by atoms with Gasteiger partial charge in [0.15, 0.2) is 0 Å². The Kier molecular flexibility index (Phi) is 6.22. The van der Waals surface area contributed by atoms with E-state index in [1.807, 2.05) is 36.4 Å². The van der Waals surface area contributed by atoms with Crippen molar-refractivity contribution in [3.05, 3.63) is 100 Å². The van der Waals surface area contributed by atoms with Gasteiger partial charge in [-0.1, -0.05) is 52.3 Å². The van der Waals surface area contributed by atoms with Gasteiger partial charge in [-0.25, -0.2) is 4.79 Å². The van der Waals surface area contributed by atoms with Crippen molar-refractivity contribution < 1.29 is 18.7 Å². The zero-order valence-corrected chi connectivity index (χ0v) is 15.8.